The van der Waals surface area contributed by atoms with Crippen molar-refractivity contribution in [3.63, 3.8) is 0 Å². The van der Waals surface area contributed by atoms with Crippen molar-refractivity contribution in [2.45, 2.75) is 105 Å². The van der Waals surface area contributed by atoms with Crippen LogP contribution in [0.5, 0.6) is 0 Å². The van der Waals surface area contributed by atoms with Crippen molar-refractivity contribution < 1.29 is 38.6 Å². The van der Waals surface area contributed by atoms with E-state index in [0.717, 1.165) is 44.4 Å². The van der Waals surface area contributed by atoms with Gasteiger partial charge >= 0.3 is 5.97 Å². The van der Waals surface area contributed by atoms with Crippen molar-refractivity contribution in [2.24, 2.45) is 23.2 Å². The second kappa shape index (κ2) is 20.3. The average Bonchev–Trinajstić information content (AvgIpc) is 4.15. The number of aliphatic hydroxyl groups is 1. The molecule has 1 aromatic carbocycles. The number of esters is 1. The van der Waals surface area contributed by atoms with Crippen molar-refractivity contribution in [2.75, 3.05) is 39.2 Å². The molecule has 366 valence electrons. The molecule has 0 spiro atoms. The molecule has 4 amide bonds. The number of carbonyl (C=O) groups is 5. The first kappa shape index (κ1) is 49.0. The summed E-state index contributed by atoms with van der Waals surface area (Å²) in [6.45, 7) is 14.0. The van der Waals surface area contributed by atoms with E-state index in [4.69, 9.17) is 9.47 Å². The largest absolute Gasteiger partial charge is 0.508 e. The van der Waals surface area contributed by atoms with E-state index in [0.29, 0.717) is 44.6 Å². The zero-order valence-electron chi connectivity index (χ0n) is 40.8. The van der Waals surface area contributed by atoms with E-state index < -0.39 is 59.1 Å². The van der Waals surface area contributed by atoms with Gasteiger partial charge in [-0.05, 0) is 115 Å². The maximum Gasteiger partial charge on any atom is 0.324 e. The molecule has 4 aromatic rings. The molecule has 2 unspecified atom stereocenters. The molecule has 6 bridgehead atoms. The number of fused-ring (bicyclic) bond motifs is 6. The smallest absolute Gasteiger partial charge is 0.324 e. The highest BCUT2D eigenvalue weighted by Crippen LogP contribution is 2.43. The number of carbonyl (C=O) groups excluding carboxylic acids is 5. The molecule has 3 aromatic heterocycles. The fourth-order valence-electron chi connectivity index (χ4n) is 10.1. The molecule has 6 heterocycles. The number of hydrazine groups is 1. The number of amides is 4. The fourth-order valence-corrected chi connectivity index (χ4v) is 10.1. The molecule has 17 heteroatoms. The molecule has 2 saturated heterocycles. The molecule has 6 atom stereocenters. The van der Waals surface area contributed by atoms with Gasteiger partial charge < -0.3 is 40.0 Å². The SMILES string of the molecule is CCn1c(-c2cnccc2COC)c2c3cc(ccc31)C1=CC(O)=CC(C[C@H](NC(=O)[C@H](C(C)C)N(C)C(=O)c3ccc(NC(=O)[C@@H]4CN4)cn3)C(=O)N3CCC[C@H](N3)C(=O)OCC(C)(C)C2)C1C. The van der Waals surface area contributed by atoms with E-state index in [1.807, 2.05) is 26.1 Å². The quantitative estimate of drug-likeness (QED) is 0.0923. The predicted molar refractivity (Wildman–Crippen MR) is 261 cm³/mol. The van der Waals surface area contributed by atoms with Crippen LogP contribution < -0.4 is 21.4 Å². The summed E-state index contributed by atoms with van der Waals surface area (Å²) in [5, 5.41) is 22.6. The molecule has 4 aliphatic rings. The summed E-state index contributed by atoms with van der Waals surface area (Å²) in [4.78, 5) is 79.8. The van der Waals surface area contributed by atoms with Crippen molar-refractivity contribution in [3.8, 4) is 11.3 Å². The van der Waals surface area contributed by atoms with Crippen LogP contribution in [-0.4, -0.2) is 117 Å². The predicted octanol–water partition coefficient (Wildman–Crippen LogP) is 5.56. The van der Waals surface area contributed by atoms with Crippen molar-refractivity contribution in [1.29, 1.82) is 0 Å². The third-order valence-corrected chi connectivity index (χ3v) is 13.8. The number of nitrogens with zero attached hydrogens (tertiary/aromatic N) is 5. The fraction of sp³-hybridized carbons (Fsp3) is 0.481. The van der Waals surface area contributed by atoms with Gasteiger partial charge in [-0.15, -0.1) is 0 Å². The van der Waals surface area contributed by atoms with Crippen LogP contribution in [0.25, 0.3) is 27.7 Å². The number of allylic oxidation sites excluding steroid dienone is 3. The molecule has 0 radical (unpaired) electrons. The summed E-state index contributed by atoms with van der Waals surface area (Å²) < 4.78 is 14.1. The van der Waals surface area contributed by atoms with Gasteiger partial charge in [0.25, 0.3) is 11.8 Å². The minimum atomic E-state index is -1.14. The zero-order chi connectivity index (χ0) is 49.3. The van der Waals surface area contributed by atoms with Crippen LogP contribution in [0.3, 0.4) is 0 Å². The van der Waals surface area contributed by atoms with Gasteiger partial charge in [-0.25, -0.2) is 10.4 Å². The van der Waals surface area contributed by atoms with Crippen LogP contribution in [0.1, 0.15) is 88.0 Å². The second-order valence-corrected chi connectivity index (χ2v) is 20.0. The standard InChI is InChI=1S/C52H65N9O8/c1-9-60-44-15-12-31-20-37(44)38(46(60)39-25-53-17-16-32(39)27-68-8)23-52(5,6)28-69-51(67)41-11-10-18-61(58-41)50(66)42(21-33-19-35(62)22-36(31)30(33)4)57-48(64)45(29(2)3)59(7)49(65)40-14-13-34(24-54-40)56-47(63)43-26-55-43/h12-17,19-20,22,24-25,29-30,33,41-43,45,55,58,62H,9-11,18,21,23,26-28H2,1-8H3,(H,56,63)(H,57,64)/t30?,33?,41-,42-,43-,45-/m0/s1. The topological polar surface area (TPSA) is 219 Å². The second-order valence-electron chi connectivity index (χ2n) is 20.0. The summed E-state index contributed by atoms with van der Waals surface area (Å²) in [5.41, 5.74) is 9.92. The lowest BCUT2D eigenvalue weighted by Gasteiger charge is -2.38. The molecule has 2 fully saturated rings. The number of hydrogen-bond donors (Lipinski definition) is 5. The highest BCUT2D eigenvalue weighted by Gasteiger charge is 2.40. The number of anilines is 1. The zero-order valence-corrected chi connectivity index (χ0v) is 40.8. The van der Waals surface area contributed by atoms with Crippen LogP contribution in [0, 0.1) is 23.2 Å². The normalized spacial score (nSPS) is 23.0. The Kier molecular flexibility index (Phi) is 14.4. The number of nitrogens with one attached hydrogen (secondary N) is 4. The van der Waals surface area contributed by atoms with Gasteiger partial charge in [0.05, 0.1) is 36.8 Å². The van der Waals surface area contributed by atoms with Gasteiger partial charge in [0.1, 0.15) is 29.6 Å². The van der Waals surface area contributed by atoms with Crippen LogP contribution in [0.4, 0.5) is 5.69 Å². The molecule has 1 aliphatic carbocycles. The molecule has 3 aliphatic heterocycles. The minimum Gasteiger partial charge on any atom is -0.508 e. The third kappa shape index (κ3) is 10.5. The van der Waals surface area contributed by atoms with Gasteiger partial charge in [0, 0.05) is 68.1 Å². The summed E-state index contributed by atoms with van der Waals surface area (Å²) in [6, 6.07) is 8.17. The van der Waals surface area contributed by atoms with Crippen LogP contribution in [-0.2, 0) is 48.2 Å². The first-order valence-corrected chi connectivity index (χ1v) is 24.0. The maximum absolute atomic E-state index is 14.9. The molecule has 8 rings (SSSR count). The molecule has 0 saturated carbocycles. The third-order valence-electron chi connectivity index (χ3n) is 13.8. The average molecular weight is 944 g/mol. The number of pyridine rings is 2. The highest BCUT2D eigenvalue weighted by atomic mass is 16.5. The number of aliphatic hydroxyl groups excluding tert-OH is 1. The Morgan fingerprint density at radius 1 is 1.12 bits per heavy atom. The lowest BCUT2D eigenvalue weighted by atomic mass is 9.76. The first-order valence-electron chi connectivity index (χ1n) is 24.0. The Balaban J connectivity index is 1.15. The van der Waals surface area contributed by atoms with Crippen LogP contribution >= 0.6 is 0 Å². The Morgan fingerprint density at radius 2 is 1.90 bits per heavy atom. The number of hydrogen-bond acceptors (Lipinski definition) is 12. The van der Waals surface area contributed by atoms with Crippen LogP contribution in [0.15, 0.2) is 72.9 Å². The number of ether oxygens (including phenoxy) is 2. The lowest BCUT2D eigenvalue weighted by molar-refractivity contribution is -0.155. The molecule has 5 N–H and O–H groups in total. The van der Waals surface area contributed by atoms with Gasteiger partial charge in [-0.2, -0.15) is 0 Å². The van der Waals surface area contributed by atoms with Crippen LogP contribution in [0.2, 0.25) is 0 Å². The first-order chi connectivity index (χ1) is 33.0. The van der Waals surface area contributed by atoms with E-state index >= 15 is 0 Å². The van der Waals surface area contributed by atoms with Gasteiger partial charge in [0.2, 0.25) is 11.8 Å². The molecular weight excluding hydrogens is 879 g/mol. The number of likely N-dealkylation sites (N-methyl/N-ethyl adjacent to an activating group) is 1. The Morgan fingerprint density at radius 3 is 2.59 bits per heavy atom. The lowest BCUT2D eigenvalue weighted by Crippen LogP contribution is -2.62. The summed E-state index contributed by atoms with van der Waals surface area (Å²) in [6.07, 6.45) is 10.1. The van der Waals surface area contributed by atoms with Crippen molar-refractivity contribution >= 4 is 51.8 Å². The Labute approximate surface area is 403 Å². The number of benzene rings is 1. The molecule has 17 nitrogen and oxygen atoms in total. The van der Waals surface area contributed by atoms with E-state index in [-0.39, 0.29) is 48.9 Å². The maximum atomic E-state index is 14.9. The van der Waals surface area contributed by atoms with E-state index in [1.165, 1.54) is 29.2 Å². The number of aromatic nitrogens is 3. The minimum absolute atomic E-state index is 0.0412. The Hall–Kier alpha value is -6.43. The number of aryl methyl sites for hydroxylation is 1. The van der Waals surface area contributed by atoms with Crippen molar-refractivity contribution in [1.82, 2.24) is 40.5 Å². The van der Waals surface area contributed by atoms with Crippen molar-refractivity contribution in [3.05, 3.63) is 95.3 Å². The number of cyclic esters (lactones) is 1. The molecule has 69 heavy (non-hydrogen) atoms. The van der Waals surface area contributed by atoms with E-state index in [2.05, 4.69) is 81.8 Å². The van der Waals surface area contributed by atoms with E-state index in [1.54, 1.807) is 31.5 Å². The number of rotatable bonds is 11. The summed E-state index contributed by atoms with van der Waals surface area (Å²) in [5.74, 6) is -3.23. The monoisotopic (exact) mass is 943 g/mol. The van der Waals surface area contributed by atoms with Gasteiger partial charge in [0.15, 0.2) is 0 Å². The van der Waals surface area contributed by atoms with Gasteiger partial charge in [-0.3, -0.25) is 34.0 Å². The Bertz CT molecular complexity index is 2690. The highest BCUT2D eigenvalue weighted by molar-refractivity contribution is 5.99. The number of methoxy groups -OCH3 is 1. The van der Waals surface area contributed by atoms with Gasteiger partial charge in [-0.1, -0.05) is 40.7 Å². The summed E-state index contributed by atoms with van der Waals surface area (Å²) >= 11 is 0. The molecular formula is C52H65N9O8. The van der Waals surface area contributed by atoms with E-state index in [9.17, 15) is 29.1 Å². The summed E-state index contributed by atoms with van der Waals surface area (Å²) in [7, 11) is 3.20.